The van der Waals surface area contributed by atoms with Gasteiger partial charge in [-0.2, -0.15) is 0 Å². The molecule has 0 aromatic carbocycles. The lowest BCUT2D eigenvalue weighted by molar-refractivity contribution is -0.137. The van der Waals surface area contributed by atoms with Crippen LogP contribution in [0, 0.1) is 0 Å². The Morgan fingerprint density at radius 1 is 1.56 bits per heavy atom. The highest BCUT2D eigenvalue weighted by molar-refractivity contribution is 5.80. The van der Waals surface area contributed by atoms with Crippen molar-refractivity contribution in [1.82, 2.24) is 10.2 Å². The summed E-state index contributed by atoms with van der Waals surface area (Å²) in [5.74, 6) is -0.290. The smallest absolute Gasteiger partial charge is 0.323 e. The van der Waals surface area contributed by atoms with E-state index in [1.165, 1.54) is 6.08 Å². The van der Waals surface area contributed by atoms with E-state index in [-0.39, 0.29) is 13.1 Å². The molecule has 0 saturated carbocycles. The summed E-state index contributed by atoms with van der Waals surface area (Å²) in [5.41, 5.74) is 0. The Morgan fingerprint density at radius 3 is 2.89 bits per heavy atom. The Balaban J connectivity index is 2.36. The molecule has 0 fully saturated rings. The topological polar surface area (TPSA) is 82.8 Å². The summed E-state index contributed by atoms with van der Waals surface area (Å²) in [6.07, 6.45) is 3.61. The second kappa shape index (κ2) is 7.16. The lowest BCUT2D eigenvalue weighted by Crippen LogP contribution is -2.43. The van der Waals surface area contributed by atoms with E-state index in [9.17, 15) is 9.59 Å². The molecule has 0 aliphatic heterocycles. The van der Waals surface area contributed by atoms with E-state index in [0.717, 1.165) is 10.7 Å². The SMILES string of the molecule is C=CCN(CC(=O)O)C(=O)NCCc1ccco1. The van der Waals surface area contributed by atoms with Crippen LogP contribution in [0.2, 0.25) is 0 Å². The first-order chi connectivity index (χ1) is 8.63. The Kier molecular flexibility index (Phi) is 5.50. The van der Waals surface area contributed by atoms with Crippen molar-refractivity contribution in [3.8, 4) is 0 Å². The van der Waals surface area contributed by atoms with Crippen molar-refractivity contribution in [3.05, 3.63) is 36.8 Å². The molecule has 6 nitrogen and oxygen atoms in total. The van der Waals surface area contributed by atoms with Gasteiger partial charge in [-0.05, 0) is 12.1 Å². The quantitative estimate of drug-likeness (QED) is 0.712. The molecule has 0 bridgehead atoms. The van der Waals surface area contributed by atoms with Gasteiger partial charge < -0.3 is 19.7 Å². The zero-order valence-electron chi connectivity index (χ0n) is 9.96. The van der Waals surface area contributed by atoms with Crippen molar-refractivity contribution in [2.24, 2.45) is 0 Å². The molecule has 98 valence electrons. The molecule has 6 heteroatoms. The van der Waals surface area contributed by atoms with E-state index in [0.29, 0.717) is 13.0 Å². The number of carbonyl (C=O) groups is 2. The van der Waals surface area contributed by atoms with Gasteiger partial charge in [-0.15, -0.1) is 6.58 Å². The predicted molar refractivity (Wildman–Crippen MR) is 65.2 cm³/mol. The standard InChI is InChI=1S/C12H16N2O4/c1-2-7-14(9-11(15)16)12(17)13-6-5-10-4-3-8-18-10/h2-4,8H,1,5-7,9H2,(H,13,17)(H,15,16). The van der Waals surface area contributed by atoms with Crippen LogP contribution >= 0.6 is 0 Å². The number of hydrogen-bond acceptors (Lipinski definition) is 3. The maximum absolute atomic E-state index is 11.7. The van der Waals surface area contributed by atoms with Crippen molar-refractivity contribution in [2.45, 2.75) is 6.42 Å². The third kappa shape index (κ3) is 4.73. The van der Waals surface area contributed by atoms with E-state index >= 15 is 0 Å². The lowest BCUT2D eigenvalue weighted by Gasteiger charge is -2.19. The average molecular weight is 252 g/mol. The second-order valence-electron chi connectivity index (χ2n) is 3.62. The van der Waals surface area contributed by atoms with E-state index < -0.39 is 12.0 Å². The van der Waals surface area contributed by atoms with Gasteiger partial charge in [-0.1, -0.05) is 6.08 Å². The summed E-state index contributed by atoms with van der Waals surface area (Å²) in [6, 6.07) is 3.15. The minimum absolute atomic E-state index is 0.193. The number of nitrogens with one attached hydrogen (secondary N) is 1. The molecule has 0 aliphatic rings. The molecule has 0 spiro atoms. The number of rotatable bonds is 7. The molecular weight excluding hydrogens is 236 g/mol. The Hall–Kier alpha value is -2.24. The number of carboxylic acids is 1. The van der Waals surface area contributed by atoms with Crippen LogP contribution in [0.5, 0.6) is 0 Å². The molecule has 0 saturated heterocycles. The van der Waals surface area contributed by atoms with Crippen molar-refractivity contribution >= 4 is 12.0 Å². The third-order valence-corrected chi connectivity index (χ3v) is 2.19. The summed E-state index contributed by atoms with van der Waals surface area (Å²) in [4.78, 5) is 23.4. The van der Waals surface area contributed by atoms with Crippen molar-refractivity contribution in [3.63, 3.8) is 0 Å². The number of carbonyl (C=O) groups excluding carboxylic acids is 1. The number of amides is 2. The summed E-state index contributed by atoms with van der Waals surface area (Å²) in [7, 11) is 0. The number of nitrogens with zero attached hydrogens (tertiary/aromatic N) is 1. The number of hydrogen-bond donors (Lipinski definition) is 2. The summed E-state index contributed by atoms with van der Waals surface area (Å²) >= 11 is 0. The molecular formula is C12H16N2O4. The minimum Gasteiger partial charge on any atom is -0.480 e. The normalized spacial score (nSPS) is 9.78. The molecule has 0 aliphatic carbocycles. The Morgan fingerprint density at radius 2 is 2.33 bits per heavy atom. The van der Waals surface area contributed by atoms with Gasteiger partial charge in [0.2, 0.25) is 0 Å². The highest BCUT2D eigenvalue weighted by atomic mass is 16.4. The highest BCUT2D eigenvalue weighted by Crippen LogP contribution is 1.99. The Labute approximate surface area is 105 Å². The van der Waals surface area contributed by atoms with Crippen LogP contribution in [0.3, 0.4) is 0 Å². The summed E-state index contributed by atoms with van der Waals surface area (Å²) < 4.78 is 5.11. The van der Waals surface area contributed by atoms with Gasteiger partial charge in [0.05, 0.1) is 6.26 Å². The van der Waals surface area contributed by atoms with Crippen LogP contribution in [0.15, 0.2) is 35.5 Å². The number of carboxylic acid groups (broad SMARTS) is 1. The lowest BCUT2D eigenvalue weighted by atomic mass is 10.3. The molecule has 0 radical (unpaired) electrons. The molecule has 2 amide bonds. The van der Waals surface area contributed by atoms with Gasteiger partial charge in [0.25, 0.3) is 0 Å². The molecule has 0 atom stereocenters. The number of urea groups is 1. The first kappa shape index (κ1) is 13.8. The van der Waals surface area contributed by atoms with Crippen molar-refractivity contribution < 1.29 is 19.1 Å². The van der Waals surface area contributed by atoms with Crippen LogP contribution in [0.25, 0.3) is 0 Å². The van der Waals surface area contributed by atoms with Crippen molar-refractivity contribution in [1.29, 1.82) is 0 Å². The van der Waals surface area contributed by atoms with Crippen LogP contribution in [-0.4, -0.2) is 41.6 Å². The average Bonchev–Trinajstić information content (AvgIpc) is 2.81. The van der Waals surface area contributed by atoms with Gasteiger partial charge in [0, 0.05) is 19.5 Å². The maximum atomic E-state index is 11.7. The number of furan rings is 1. The Bertz CT molecular complexity index is 400. The molecule has 18 heavy (non-hydrogen) atoms. The largest absolute Gasteiger partial charge is 0.480 e. The second-order valence-corrected chi connectivity index (χ2v) is 3.62. The van der Waals surface area contributed by atoms with Gasteiger partial charge in [-0.25, -0.2) is 4.79 Å². The van der Waals surface area contributed by atoms with Crippen LogP contribution in [0.4, 0.5) is 4.79 Å². The minimum atomic E-state index is -1.06. The fourth-order valence-electron chi connectivity index (χ4n) is 1.40. The number of aliphatic carboxylic acids is 1. The van der Waals surface area contributed by atoms with E-state index in [4.69, 9.17) is 9.52 Å². The highest BCUT2D eigenvalue weighted by Gasteiger charge is 2.14. The van der Waals surface area contributed by atoms with Crippen LogP contribution in [0.1, 0.15) is 5.76 Å². The van der Waals surface area contributed by atoms with Crippen LogP contribution < -0.4 is 5.32 Å². The van der Waals surface area contributed by atoms with Gasteiger partial charge in [-0.3, -0.25) is 4.79 Å². The first-order valence-electron chi connectivity index (χ1n) is 5.51. The summed E-state index contributed by atoms with van der Waals surface area (Å²) in [6.45, 7) is 3.71. The molecule has 2 N–H and O–H groups in total. The third-order valence-electron chi connectivity index (χ3n) is 2.19. The molecule has 0 unspecified atom stereocenters. The first-order valence-corrected chi connectivity index (χ1v) is 5.51. The van der Waals surface area contributed by atoms with E-state index in [2.05, 4.69) is 11.9 Å². The van der Waals surface area contributed by atoms with Gasteiger partial charge >= 0.3 is 12.0 Å². The van der Waals surface area contributed by atoms with Gasteiger partial charge in [0.1, 0.15) is 12.3 Å². The van der Waals surface area contributed by atoms with E-state index in [1.807, 2.05) is 6.07 Å². The fourth-order valence-corrected chi connectivity index (χ4v) is 1.40. The zero-order valence-corrected chi connectivity index (χ0v) is 9.96. The molecule has 1 aromatic rings. The van der Waals surface area contributed by atoms with Crippen LogP contribution in [-0.2, 0) is 11.2 Å². The van der Waals surface area contributed by atoms with Crippen molar-refractivity contribution in [2.75, 3.05) is 19.6 Å². The molecule has 1 heterocycles. The summed E-state index contributed by atoms with van der Waals surface area (Å²) in [5, 5.41) is 11.3. The monoisotopic (exact) mass is 252 g/mol. The maximum Gasteiger partial charge on any atom is 0.323 e. The zero-order chi connectivity index (χ0) is 13.4. The fraction of sp³-hybridized carbons (Fsp3) is 0.333. The predicted octanol–water partition coefficient (Wildman–Crippen LogP) is 1.10. The van der Waals surface area contributed by atoms with E-state index in [1.54, 1.807) is 12.3 Å². The molecule has 1 rings (SSSR count). The van der Waals surface area contributed by atoms with Gasteiger partial charge in [0.15, 0.2) is 0 Å². The molecule has 1 aromatic heterocycles.